The largest absolute Gasteiger partial charge is 0.357 e. The number of rotatable bonds is 1. The number of hydrogen-bond acceptors (Lipinski definition) is 3. The number of pyridine rings is 1. The van der Waals surface area contributed by atoms with Gasteiger partial charge in [-0.2, -0.15) is 5.26 Å². The third kappa shape index (κ3) is 3.47. The van der Waals surface area contributed by atoms with E-state index in [1.54, 1.807) is 6.20 Å². The van der Waals surface area contributed by atoms with E-state index in [9.17, 15) is 0 Å². The molecule has 0 aliphatic carbocycles. The van der Waals surface area contributed by atoms with Crippen LogP contribution in [0.4, 0.5) is 5.82 Å². The third-order valence-electron chi connectivity index (χ3n) is 4.15. The van der Waals surface area contributed by atoms with E-state index in [0.717, 1.165) is 24.8 Å². The maximum atomic E-state index is 8.80. The number of hydrogen-bond donors (Lipinski definition) is 0. The van der Waals surface area contributed by atoms with E-state index >= 15 is 0 Å². The molecule has 1 aliphatic rings. The van der Waals surface area contributed by atoms with Crippen molar-refractivity contribution in [3.63, 3.8) is 0 Å². The summed E-state index contributed by atoms with van der Waals surface area (Å²) in [6.45, 7) is 9.17. The fourth-order valence-corrected chi connectivity index (χ4v) is 2.83. The van der Waals surface area contributed by atoms with E-state index in [4.69, 9.17) is 5.26 Å². The molecule has 2 heterocycles. The van der Waals surface area contributed by atoms with Crippen LogP contribution in [0.5, 0.6) is 0 Å². The Morgan fingerprint density at radius 3 is 2.63 bits per heavy atom. The van der Waals surface area contributed by atoms with Crippen molar-refractivity contribution in [3.8, 4) is 6.07 Å². The Hall–Kier alpha value is -1.56. The van der Waals surface area contributed by atoms with Crippen molar-refractivity contribution in [3.05, 3.63) is 23.9 Å². The highest BCUT2D eigenvalue weighted by molar-refractivity contribution is 5.41. The van der Waals surface area contributed by atoms with Crippen LogP contribution < -0.4 is 4.90 Å². The maximum Gasteiger partial charge on any atom is 0.128 e. The third-order valence-corrected chi connectivity index (χ3v) is 4.15. The highest BCUT2D eigenvalue weighted by Gasteiger charge is 2.27. The van der Waals surface area contributed by atoms with E-state index in [1.807, 2.05) is 12.1 Å². The summed E-state index contributed by atoms with van der Waals surface area (Å²) < 4.78 is 0. The normalized spacial score (nSPS) is 20.7. The Morgan fingerprint density at radius 2 is 2.05 bits per heavy atom. The molecule has 1 aliphatic heterocycles. The van der Waals surface area contributed by atoms with Crippen LogP contribution >= 0.6 is 0 Å². The Balaban J connectivity index is 2.04. The zero-order valence-corrected chi connectivity index (χ0v) is 12.2. The molecule has 1 aromatic heterocycles. The van der Waals surface area contributed by atoms with Crippen molar-refractivity contribution in [2.45, 2.75) is 40.0 Å². The Kier molecular flexibility index (Phi) is 4.09. The minimum absolute atomic E-state index is 0.397. The first kappa shape index (κ1) is 13.9. The van der Waals surface area contributed by atoms with Gasteiger partial charge in [-0.3, -0.25) is 0 Å². The summed E-state index contributed by atoms with van der Waals surface area (Å²) >= 11 is 0. The predicted octanol–water partition coefficient (Wildman–Crippen LogP) is 3.61. The van der Waals surface area contributed by atoms with Gasteiger partial charge in [0.2, 0.25) is 0 Å². The maximum absolute atomic E-state index is 8.80. The summed E-state index contributed by atoms with van der Waals surface area (Å²) in [7, 11) is 0. The van der Waals surface area contributed by atoms with E-state index < -0.39 is 0 Å². The highest BCUT2D eigenvalue weighted by atomic mass is 15.2. The Labute approximate surface area is 116 Å². The van der Waals surface area contributed by atoms with Crippen LogP contribution in [0.1, 0.15) is 45.6 Å². The van der Waals surface area contributed by atoms with E-state index in [2.05, 4.69) is 36.7 Å². The fraction of sp³-hybridized carbons (Fsp3) is 0.625. The second-order valence-corrected chi connectivity index (χ2v) is 6.50. The van der Waals surface area contributed by atoms with Crippen molar-refractivity contribution in [2.75, 3.05) is 18.0 Å². The van der Waals surface area contributed by atoms with Crippen LogP contribution in [-0.2, 0) is 0 Å². The van der Waals surface area contributed by atoms with Gasteiger partial charge in [0.25, 0.3) is 0 Å². The summed E-state index contributed by atoms with van der Waals surface area (Å²) in [4.78, 5) is 6.76. The number of nitriles is 1. The van der Waals surface area contributed by atoms with Gasteiger partial charge in [-0.15, -0.1) is 0 Å². The molecule has 1 fully saturated rings. The second-order valence-electron chi connectivity index (χ2n) is 6.50. The van der Waals surface area contributed by atoms with Gasteiger partial charge in [0.15, 0.2) is 0 Å². The minimum atomic E-state index is 0.397. The molecule has 0 N–H and O–H groups in total. The second kappa shape index (κ2) is 5.61. The van der Waals surface area contributed by atoms with Gasteiger partial charge >= 0.3 is 0 Å². The molecule has 0 bridgehead atoms. The summed E-state index contributed by atoms with van der Waals surface area (Å²) in [6.07, 6.45) is 5.42. The lowest BCUT2D eigenvalue weighted by Gasteiger charge is -2.29. The molecular weight excluding hydrogens is 234 g/mol. The minimum Gasteiger partial charge on any atom is -0.357 e. The quantitative estimate of drug-likeness (QED) is 0.771. The standard InChI is InChI=1S/C16H23N3/c1-16(2,3)14-5-4-9-19(10-8-14)15-7-6-13(11-17)12-18-15/h6-7,12,14H,4-5,8-10H2,1-3H3. The molecule has 1 unspecified atom stereocenters. The van der Waals surface area contributed by atoms with Crippen molar-refractivity contribution in [1.82, 2.24) is 4.98 Å². The molecule has 0 spiro atoms. The lowest BCUT2D eigenvalue weighted by molar-refractivity contribution is 0.220. The summed E-state index contributed by atoms with van der Waals surface area (Å²) in [5.41, 5.74) is 1.03. The lowest BCUT2D eigenvalue weighted by atomic mass is 9.77. The molecule has 0 amide bonds. The molecular formula is C16H23N3. The van der Waals surface area contributed by atoms with Crippen molar-refractivity contribution in [2.24, 2.45) is 11.3 Å². The molecule has 1 saturated heterocycles. The SMILES string of the molecule is CC(C)(C)C1CCCN(c2ccc(C#N)cn2)CC1. The Bertz CT molecular complexity index is 450. The van der Waals surface area contributed by atoms with Crippen LogP contribution in [-0.4, -0.2) is 18.1 Å². The summed E-state index contributed by atoms with van der Waals surface area (Å²) in [5, 5.41) is 8.80. The summed E-state index contributed by atoms with van der Waals surface area (Å²) in [5.74, 6) is 1.80. The van der Waals surface area contributed by atoms with Gasteiger partial charge in [0.05, 0.1) is 5.56 Å². The molecule has 2 rings (SSSR count). The molecule has 0 saturated carbocycles. The average Bonchev–Trinajstić information content (AvgIpc) is 2.64. The number of nitrogens with zero attached hydrogens (tertiary/aromatic N) is 3. The van der Waals surface area contributed by atoms with Gasteiger partial charge in [-0.25, -0.2) is 4.98 Å². The van der Waals surface area contributed by atoms with E-state index in [0.29, 0.717) is 11.0 Å². The molecule has 102 valence electrons. The molecule has 1 aromatic rings. The van der Waals surface area contributed by atoms with Gasteiger partial charge in [0.1, 0.15) is 11.9 Å². The average molecular weight is 257 g/mol. The predicted molar refractivity (Wildman–Crippen MR) is 78.0 cm³/mol. The zero-order valence-electron chi connectivity index (χ0n) is 12.2. The van der Waals surface area contributed by atoms with Crippen LogP contribution in [0.25, 0.3) is 0 Å². The first-order valence-electron chi connectivity index (χ1n) is 7.12. The van der Waals surface area contributed by atoms with Crippen molar-refractivity contribution < 1.29 is 0 Å². The fourth-order valence-electron chi connectivity index (χ4n) is 2.83. The van der Waals surface area contributed by atoms with Crippen molar-refractivity contribution in [1.29, 1.82) is 5.26 Å². The van der Waals surface area contributed by atoms with Crippen molar-refractivity contribution >= 4 is 5.82 Å². The molecule has 1 atom stereocenters. The zero-order chi connectivity index (χ0) is 13.9. The van der Waals surface area contributed by atoms with Crippen LogP contribution in [0.15, 0.2) is 18.3 Å². The van der Waals surface area contributed by atoms with E-state index in [1.165, 1.54) is 19.3 Å². The molecule has 3 nitrogen and oxygen atoms in total. The number of aromatic nitrogens is 1. The Morgan fingerprint density at radius 1 is 1.26 bits per heavy atom. The highest BCUT2D eigenvalue weighted by Crippen LogP contribution is 2.34. The van der Waals surface area contributed by atoms with Crippen LogP contribution in [0.2, 0.25) is 0 Å². The smallest absolute Gasteiger partial charge is 0.128 e. The lowest BCUT2D eigenvalue weighted by Crippen LogP contribution is -2.26. The van der Waals surface area contributed by atoms with Gasteiger partial charge in [-0.1, -0.05) is 20.8 Å². The first-order chi connectivity index (χ1) is 9.00. The molecule has 0 aromatic carbocycles. The molecule has 3 heteroatoms. The van der Waals surface area contributed by atoms with Crippen LogP contribution in [0.3, 0.4) is 0 Å². The van der Waals surface area contributed by atoms with E-state index in [-0.39, 0.29) is 0 Å². The van der Waals surface area contributed by atoms with Gasteiger partial charge < -0.3 is 4.90 Å². The van der Waals surface area contributed by atoms with Gasteiger partial charge in [0, 0.05) is 19.3 Å². The first-order valence-corrected chi connectivity index (χ1v) is 7.12. The topological polar surface area (TPSA) is 39.9 Å². The summed E-state index contributed by atoms with van der Waals surface area (Å²) in [6, 6.07) is 5.94. The molecule has 0 radical (unpaired) electrons. The molecule has 19 heavy (non-hydrogen) atoms. The monoisotopic (exact) mass is 257 g/mol. The van der Waals surface area contributed by atoms with Gasteiger partial charge in [-0.05, 0) is 42.7 Å². The van der Waals surface area contributed by atoms with Crippen LogP contribution in [0, 0.1) is 22.7 Å². The number of anilines is 1.